The molecule has 1 aromatic heterocycles. The predicted octanol–water partition coefficient (Wildman–Crippen LogP) is 5.01. The molecule has 1 unspecified atom stereocenters. The van der Waals surface area contributed by atoms with E-state index < -0.39 is 7.26 Å². The second-order valence-corrected chi connectivity index (χ2v) is 11.3. The average molecular weight is 429 g/mol. The Balaban J connectivity index is 2.08. The molecule has 0 aliphatic heterocycles. The number of rotatable bonds is 6. The van der Waals surface area contributed by atoms with Crippen molar-refractivity contribution in [3.63, 3.8) is 0 Å². The summed E-state index contributed by atoms with van der Waals surface area (Å²) < 4.78 is 11.4. The van der Waals surface area contributed by atoms with E-state index in [0.717, 1.165) is 0 Å². The highest BCUT2D eigenvalue weighted by molar-refractivity contribution is 7.95. The van der Waals surface area contributed by atoms with Crippen molar-refractivity contribution in [1.29, 1.82) is 0 Å². The molecule has 3 nitrogen and oxygen atoms in total. The molecule has 0 fully saturated rings. The van der Waals surface area contributed by atoms with E-state index in [9.17, 15) is 4.79 Å². The van der Waals surface area contributed by atoms with E-state index in [1.807, 2.05) is 24.3 Å². The minimum atomic E-state index is -2.22. The highest BCUT2D eigenvalue weighted by Gasteiger charge is 2.52. The van der Waals surface area contributed by atoms with E-state index in [0.29, 0.717) is 17.1 Å². The molecular weight excluding hydrogens is 403 g/mol. The number of benzene rings is 3. The van der Waals surface area contributed by atoms with E-state index >= 15 is 0 Å². The molecule has 0 N–H and O–H groups in total. The van der Waals surface area contributed by atoms with E-state index in [-0.39, 0.29) is 11.3 Å². The maximum absolute atomic E-state index is 12.6. The molecule has 0 saturated carbocycles. The van der Waals surface area contributed by atoms with Gasteiger partial charge >= 0.3 is 5.63 Å². The number of ether oxygens (including phenoxy) is 1. The molecule has 4 rings (SSSR count). The van der Waals surface area contributed by atoms with Crippen molar-refractivity contribution in [1.82, 2.24) is 0 Å². The second kappa shape index (κ2) is 8.91. The lowest BCUT2D eigenvalue weighted by Gasteiger charge is -2.32. The third kappa shape index (κ3) is 3.71. The maximum Gasteiger partial charge on any atom is 0.342 e. The van der Waals surface area contributed by atoms with E-state index in [1.54, 1.807) is 14.0 Å². The van der Waals surface area contributed by atoms with Gasteiger partial charge in [-0.05, 0) is 50.2 Å². The van der Waals surface area contributed by atoms with Gasteiger partial charge in [-0.1, -0.05) is 54.6 Å². The smallest absolute Gasteiger partial charge is 0.342 e. The van der Waals surface area contributed by atoms with Crippen molar-refractivity contribution in [2.75, 3.05) is 7.11 Å². The summed E-state index contributed by atoms with van der Waals surface area (Å²) in [6, 6.07) is 33.6. The van der Waals surface area contributed by atoms with Crippen molar-refractivity contribution >= 4 is 23.2 Å². The molecular formula is C27H26O3P+. The van der Waals surface area contributed by atoms with E-state index in [4.69, 9.17) is 9.15 Å². The van der Waals surface area contributed by atoms with Gasteiger partial charge in [0, 0.05) is 6.07 Å². The summed E-state index contributed by atoms with van der Waals surface area (Å²) >= 11 is 0. The van der Waals surface area contributed by atoms with Gasteiger partial charge in [-0.15, -0.1) is 0 Å². The molecule has 4 aromatic rings. The lowest BCUT2D eigenvalue weighted by atomic mass is 10.2. The normalized spacial score (nSPS) is 12.4. The molecule has 0 radical (unpaired) electrons. The Bertz CT molecular complexity index is 1110. The van der Waals surface area contributed by atoms with Crippen LogP contribution in [0.5, 0.6) is 5.75 Å². The van der Waals surface area contributed by atoms with Gasteiger partial charge in [-0.25, -0.2) is 4.79 Å². The molecule has 0 aliphatic carbocycles. The molecule has 0 bridgehead atoms. The summed E-state index contributed by atoms with van der Waals surface area (Å²) in [4.78, 5) is 12.6. The van der Waals surface area contributed by atoms with Crippen LogP contribution in [0.15, 0.2) is 106 Å². The first-order chi connectivity index (χ1) is 15.1. The van der Waals surface area contributed by atoms with E-state index in [1.165, 1.54) is 15.9 Å². The maximum atomic E-state index is 12.6. The SMILES string of the molecule is COc1cc(C(C)[P+](c2ccccc2)(c2ccccc2)c2ccccc2)oc(=O)c1C. The fraction of sp³-hybridized carbons (Fsp3) is 0.148. The van der Waals surface area contributed by atoms with Crippen LogP contribution >= 0.6 is 7.26 Å². The molecule has 31 heavy (non-hydrogen) atoms. The zero-order valence-electron chi connectivity index (χ0n) is 18.0. The average Bonchev–Trinajstić information content (AvgIpc) is 2.83. The van der Waals surface area contributed by atoms with Crippen molar-refractivity contribution < 1.29 is 9.15 Å². The summed E-state index contributed by atoms with van der Waals surface area (Å²) in [7, 11) is -0.632. The summed E-state index contributed by atoms with van der Waals surface area (Å²) in [5.74, 6) is 1.20. The van der Waals surface area contributed by atoms with Gasteiger partial charge in [0.1, 0.15) is 34.6 Å². The van der Waals surface area contributed by atoms with E-state index in [2.05, 4.69) is 79.7 Å². The van der Waals surface area contributed by atoms with Crippen LogP contribution in [0.25, 0.3) is 0 Å². The molecule has 0 spiro atoms. The highest BCUT2D eigenvalue weighted by atomic mass is 31.2. The summed E-state index contributed by atoms with van der Waals surface area (Å²) in [6.45, 7) is 3.89. The third-order valence-electron chi connectivity index (χ3n) is 5.86. The van der Waals surface area contributed by atoms with Crippen LogP contribution in [-0.4, -0.2) is 7.11 Å². The van der Waals surface area contributed by atoms with Gasteiger partial charge < -0.3 is 9.15 Å². The zero-order valence-corrected chi connectivity index (χ0v) is 18.9. The van der Waals surface area contributed by atoms with Crippen LogP contribution in [-0.2, 0) is 0 Å². The summed E-state index contributed by atoms with van der Waals surface area (Å²) in [5.41, 5.74) is 0.0527. The lowest BCUT2D eigenvalue weighted by Crippen LogP contribution is -2.34. The molecule has 0 amide bonds. The van der Waals surface area contributed by atoms with Crippen molar-refractivity contribution in [2.45, 2.75) is 19.5 Å². The molecule has 3 aromatic carbocycles. The largest absolute Gasteiger partial charge is 0.496 e. The topological polar surface area (TPSA) is 39.4 Å². The molecule has 1 heterocycles. The van der Waals surface area contributed by atoms with Crippen LogP contribution in [0.2, 0.25) is 0 Å². The number of hydrogen-bond donors (Lipinski definition) is 0. The van der Waals surface area contributed by atoms with Gasteiger partial charge in [0.05, 0.1) is 12.7 Å². The quantitative estimate of drug-likeness (QED) is 0.405. The number of hydrogen-bond acceptors (Lipinski definition) is 3. The van der Waals surface area contributed by atoms with Crippen molar-refractivity contribution in [2.24, 2.45) is 0 Å². The van der Waals surface area contributed by atoms with Crippen molar-refractivity contribution in [3.8, 4) is 5.75 Å². The Labute approximate surface area is 183 Å². The fourth-order valence-electron chi connectivity index (χ4n) is 4.27. The minimum absolute atomic E-state index is 0.0816. The molecule has 0 saturated heterocycles. The summed E-state index contributed by atoms with van der Waals surface area (Å²) in [5, 5.41) is 3.71. The van der Waals surface area contributed by atoms with Crippen LogP contribution < -0.4 is 26.3 Å². The Morgan fingerprint density at radius 3 is 1.58 bits per heavy atom. The van der Waals surface area contributed by atoms with Gasteiger partial charge in [-0.2, -0.15) is 0 Å². The number of methoxy groups -OCH3 is 1. The predicted molar refractivity (Wildman–Crippen MR) is 130 cm³/mol. The summed E-state index contributed by atoms with van der Waals surface area (Å²) in [6.07, 6.45) is 0. The van der Waals surface area contributed by atoms with Gasteiger partial charge in [0.2, 0.25) is 0 Å². The Morgan fingerprint density at radius 1 is 0.774 bits per heavy atom. The van der Waals surface area contributed by atoms with Gasteiger partial charge in [-0.3, -0.25) is 0 Å². The molecule has 0 aliphatic rings. The van der Waals surface area contributed by atoms with Gasteiger partial charge in [0.15, 0.2) is 5.76 Å². The van der Waals surface area contributed by atoms with Gasteiger partial charge in [0.25, 0.3) is 0 Å². The first kappa shape index (κ1) is 21.1. The van der Waals surface area contributed by atoms with Crippen LogP contribution in [0, 0.1) is 6.92 Å². The molecule has 1 atom stereocenters. The molecule has 156 valence electrons. The minimum Gasteiger partial charge on any atom is -0.496 e. The second-order valence-electron chi connectivity index (χ2n) is 7.53. The first-order valence-electron chi connectivity index (χ1n) is 10.3. The highest BCUT2D eigenvalue weighted by Crippen LogP contribution is 2.66. The Morgan fingerprint density at radius 2 is 1.19 bits per heavy atom. The van der Waals surface area contributed by atoms with Crippen molar-refractivity contribution in [3.05, 3.63) is 119 Å². The third-order valence-corrected chi connectivity index (χ3v) is 10.6. The molecule has 4 heteroatoms. The Kier molecular flexibility index (Phi) is 6.06. The lowest BCUT2D eigenvalue weighted by molar-refractivity contribution is 0.387. The first-order valence-corrected chi connectivity index (χ1v) is 12.2. The van der Waals surface area contributed by atoms with Crippen LogP contribution in [0.1, 0.15) is 23.9 Å². The standard InChI is InChI=1S/C27H26O3P/c1-20-25(29-3)19-26(30-27(20)28)21(2)31(22-13-7-4-8-14-22,23-15-9-5-10-16-23)24-17-11-6-12-18-24/h4-19,21H,1-3H3/q+1. The van der Waals surface area contributed by atoms with Crippen LogP contribution in [0.4, 0.5) is 0 Å². The van der Waals surface area contributed by atoms with Crippen LogP contribution in [0.3, 0.4) is 0 Å². The Hall–Kier alpha value is -3.16. The monoisotopic (exact) mass is 429 g/mol. The fourth-order valence-corrected chi connectivity index (χ4v) is 8.94. The zero-order chi connectivity index (χ0) is 21.8.